The number of anilines is 1. The van der Waals surface area contributed by atoms with Crippen LogP contribution < -0.4 is 10.6 Å². The summed E-state index contributed by atoms with van der Waals surface area (Å²) < 4.78 is 5.50. The Labute approximate surface area is 145 Å². The standard InChI is InChI=1S/C19H17ClN2O2/c20-15-8-4-9-16(12-15)22-18(23)13-21-19(17-10-5-11-24-17)14-6-2-1-3-7-14/h1-12,19,21H,13H2,(H,22,23)/t19-/m0/s1. The highest BCUT2D eigenvalue weighted by molar-refractivity contribution is 6.30. The van der Waals surface area contributed by atoms with E-state index >= 15 is 0 Å². The van der Waals surface area contributed by atoms with E-state index < -0.39 is 0 Å². The lowest BCUT2D eigenvalue weighted by Crippen LogP contribution is -2.31. The Morgan fingerprint density at radius 2 is 1.88 bits per heavy atom. The van der Waals surface area contributed by atoms with Gasteiger partial charge in [0.05, 0.1) is 18.8 Å². The average molecular weight is 341 g/mol. The monoisotopic (exact) mass is 340 g/mol. The van der Waals surface area contributed by atoms with Crippen molar-refractivity contribution in [2.45, 2.75) is 6.04 Å². The summed E-state index contributed by atoms with van der Waals surface area (Å²) in [6, 6.07) is 20.4. The van der Waals surface area contributed by atoms with Crippen LogP contribution >= 0.6 is 11.6 Å². The number of nitrogens with one attached hydrogen (secondary N) is 2. The summed E-state index contributed by atoms with van der Waals surface area (Å²) in [5, 5.41) is 6.63. The van der Waals surface area contributed by atoms with Crippen LogP contribution in [0.3, 0.4) is 0 Å². The largest absolute Gasteiger partial charge is 0.467 e. The van der Waals surface area contributed by atoms with E-state index in [2.05, 4.69) is 10.6 Å². The van der Waals surface area contributed by atoms with E-state index in [9.17, 15) is 4.79 Å². The smallest absolute Gasteiger partial charge is 0.238 e. The summed E-state index contributed by atoms with van der Waals surface area (Å²) in [6.07, 6.45) is 1.62. The second-order valence-electron chi connectivity index (χ2n) is 5.30. The molecular formula is C19H17ClN2O2. The van der Waals surface area contributed by atoms with E-state index in [0.717, 1.165) is 11.3 Å². The van der Waals surface area contributed by atoms with E-state index in [4.69, 9.17) is 16.0 Å². The number of carbonyl (C=O) groups excluding carboxylic acids is 1. The molecule has 2 aromatic carbocycles. The minimum Gasteiger partial charge on any atom is -0.467 e. The molecule has 1 heterocycles. The highest BCUT2D eigenvalue weighted by atomic mass is 35.5. The fraction of sp³-hybridized carbons (Fsp3) is 0.105. The van der Waals surface area contributed by atoms with Crippen molar-refractivity contribution >= 4 is 23.2 Å². The first-order valence-electron chi connectivity index (χ1n) is 7.59. The number of hydrogen-bond acceptors (Lipinski definition) is 3. The topological polar surface area (TPSA) is 54.3 Å². The van der Waals surface area contributed by atoms with Crippen LogP contribution in [0.1, 0.15) is 17.4 Å². The zero-order valence-electron chi connectivity index (χ0n) is 12.9. The molecule has 0 unspecified atom stereocenters. The van der Waals surface area contributed by atoms with Crippen LogP contribution in [0, 0.1) is 0 Å². The highest BCUT2D eigenvalue weighted by Crippen LogP contribution is 2.22. The maximum atomic E-state index is 12.2. The first-order chi connectivity index (χ1) is 11.7. The van der Waals surface area contributed by atoms with Gasteiger partial charge < -0.3 is 9.73 Å². The van der Waals surface area contributed by atoms with E-state index in [-0.39, 0.29) is 18.5 Å². The summed E-state index contributed by atoms with van der Waals surface area (Å²) in [5.41, 5.74) is 1.70. The third kappa shape index (κ3) is 4.25. The molecule has 24 heavy (non-hydrogen) atoms. The molecule has 0 saturated carbocycles. The first kappa shape index (κ1) is 16.3. The van der Waals surface area contributed by atoms with Crippen LogP contribution in [0.25, 0.3) is 0 Å². The van der Waals surface area contributed by atoms with E-state index in [0.29, 0.717) is 10.7 Å². The van der Waals surface area contributed by atoms with E-state index in [1.54, 1.807) is 30.5 Å². The molecule has 0 saturated heterocycles. The molecule has 3 rings (SSSR count). The molecule has 0 aliphatic rings. The van der Waals surface area contributed by atoms with Gasteiger partial charge in [-0.3, -0.25) is 10.1 Å². The van der Waals surface area contributed by atoms with Crippen LogP contribution in [0.15, 0.2) is 77.4 Å². The molecule has 0 aliphatic carbocycles. The van der Waals surface area contributed by atoms with Gasteiger partial charge >= 0.3 is 0 Å². The second kappa shape index (κ2) is 7.81. The predicted molar refractivity (Wildman–Crippen MR) is 95.1 cm³/mol. The van der Waals surface area contributed by atoms with Crippen LogP contribution in [0.2, 0.25) is 5.02 Å². The number of benzene rings is 2. The minimum atomic E-state index is -0.189. The Bertz CT molecular complexity index is 788. The maximum Gasteiger partial charge on any atom is 0.238 e. The van der Waals surface area contributed by atoms with Gasteiger partial charge in [0.15, 0.2) is 0 Å². The fourth-order valence-corrected chi connectivity index (χ4v) is 2.64. The van der Waals surface area contributed by atoms with Crippen molar-refractivity contribution in [1.82, 2.24) is 5.32 Å². The number of hydrogen-bond donors (Lipinski definition) is 2. The summed E-state index contributed by atoms with van der Waals surface area (Å²) in [6.45, 7) is 0.146. The SMILES string of the molecule is O=C(CN[C@@H](c1ccccc1)c1ccco1)Nc1cccc(Cl)c1. The molecule has 1 amide bonds. The minimum absolute atomic E-state index is 0.146. The average Bonchev–Trinajstić information content (AvgIpc) is 3.10. The van der Waals surface area contributed by atoms with Gasteiger partial charge in [-0.25, -0.2) is 0 Å². The molecule has 4 nitrogen and oxygen atoms in total. The zero-order valence-corrected chi connectivity index (χ0v) is 13.7. The molecule has 1 aromatic heterocycles. The van der Waals surface area contributed by atoms with Crippen molar-refractivity contribution in [2.75, 3.05) is 11.9 Å². The molecule has 0 spiro atoms. The molecule has 2 N–H and O–H groups in total. The zero-order chi connectivity index (χ0) is 16.8. The predicted octanol–water partition coefficient (Wildman–Crippen LogP) is 4.25. The molecule has 122 valence electrons. The molecule has 0 fully saturated rings. The Morgan fingerprint density at radius 1 is 1.04 bits per heavy atom. The first-order valence-corrected chi connectivity index (χ1v) is 7.97. The van der Waals surface area contributed by atoms with Gasteiger partial charge in [0.2, 0.25) is 5.91 Å². The van der Waals surface area contributed by atoms with Crippen LogP contribution in [0.5, 0.6) is 0 Å². The van der Waals surface area contributed by atoms with Crippen LogP contribution in [-0.4, -0.2) is 12.5 Å². The molecule has 1 atom stereocenters. The van der Waals surface area contributed by atoms with Gasteiger partial charge in [-0.05, 0) is 35.9 Å². The number of halogens is 1. The molecule has 0 aliphatic heterocycles. The normalized spacial score (nSPS) is 11.9. The third-order valence-corrected chi connectivity index (χ3v) is 3.77. The molecule has 0 bridgehead atoms. The van der Waals surface area contributed by atoms with Crippen molar-refractivity contribution < 1.29 is 9.21 Å². The fourth-order valence-electron chi connectivity index (χ4n) is 2.45. The lowest BCUT2D eigenvalue weighted by molar-refractivity contribution is -0.115. The summed E-state index contributed by atoms with van der Waals surface area (Å²) in [7, 11) is 0. The number of furan rings is 1. The lowest BCUT2D eigenvalue weighted by atomic mass is 10.0. The third-order valence-electron chi connectivity index (χ3n) is 3.54. The van der Waals surface area contributed by atoms with Gasteiger partial charge in [0, 0.05) is 10.7 Å². The Morgan fingerprint density at radius 3 is 2.58 bits per heavy atom. The quantitative estimate of drug-likeness (QED) is 0.705. The summed E-state index contributed by atoms with van der Waals surface area (Å²) in [4.78, 5) is 12.2. The van der Waals surface area contributed by atoms with Crippen molar-refractivity contribution in [3.8, 4) is 0 Å². The summed E-state index contributed by atoms with van der Waals surface area (Å²) >= 11 is 5.92. The number of amides is 1. The number of rotatable bonds is 6. The molecular weight excluding hydrogens is 324 g/mol. The Hall–Kier alpha value is -2.56. The number of carbonyl (C=O) groups is 1. The lowest BCUT2D eigenvalue weighted by Gasteiger charge is -2.17. The highest BCUT2D eigenvalue weighted by Gasteiger charge is 2.17. The maximum absolute atomic E-state index is 12.2. The van der Waals surface area contributed by atoms with Crippen LogP contribution in [-0.2, 0) is 4.79 Å². The molecule has 0 radical (unpaired) electrons. The van der Waals surface area contributed by atoms with Gasteiger partial charge in [-0.1, -0.05) is 48.0 Å². The van der Waals surface area contributed by atoms with Crippen molar-refractivity contribution in [3.63, 3.8) is 0 Å². The molecule has 3 aromatic rings. The summed E-state index contributed by atoms with van der Waals surface area (Å²) in [5.74, 6) is 0.613. The Balaban J connectivity index is 1.67. The van der Waals surface area contributed by atoms with Gasteiger partial charge in [-0.2, -0.15) is 0 Å². The van der Waals surface area contributed by atoms with E-state index in [1.165, 1.54) is 0 Å². The molecule has 5 heteroatoms. The van der Waals surface area contributed by atoms with Crippen molar-refractivity contribution in [2.24, 2.45) is 0 Å². The van der Waals surface area contributed by atoms with Crippen molar-refractivity contribution in [3.05, 3.63) is 89.3 Å². The van der Waals surface area contributed by atoms with Gasteiger partial charge in [0.1, 0.15) is 5.76 Å². The van der Waals surface area contributed by atoms with Gasteiger partial charge in [-0.15, -0.1) is 0 Å². The van der Waals surface area contributed by atoms with Crippen LogP contribution in [0.4, 0.5) is 5.69 Å². The van der Waals surface area contributed by atoms with Crippen molar-refractivity contribution in [1.29, 1.82) is 0 Å². The van der Waals surface area contributed by atoms with Gasteiger partial charge in [0.25, 0.3) is 0 Å². The Kier molecular flexibility index (Phi) is 5.31. The van der Waals surface area contributed by atoms with E-state index in [1.807, 2.05) is 42.5 Å². The second-order valence-corrected chi connectivity index (χ2v) is 5.73.